The fraction of sp³-hybridized carbons (Fsp3) is 1.00. The minimum absolute atomic E-state index is 0.942. The van der Waals surface area contributed by atoms with E-state index >= 15 is 0 Å². The first-order valence-electron chi connectivity index (χ1n) is 1.01. The zero-order chi connectivity index (χ0) is 3.41. The monoisotopic (exact) mass is 163 g/mol. The molecule has 1 radical (unpaired) electrons. The molecular formula is CH2B2I. The van der Waals surface area contributed by atoms with Gasteiger partial charge in [0.1, 0.15) is 0 Å². The van der Waals surface area contributed by atoms with E-state index in [-0.39, 0.29) is 0 Å². The third kappa shape index (κ3) is 2.86. The summed E-state index contributed by atoms with van der Waals surface area (Å²) in [5.41, 5.74) is 0. The van der Waals surface area contributed by atoms with Crippen LogP contribution in [0.25, 0.3) is 0 Å². The van der Waals surface area contributed by atoms with Crippen LogP contribution in [0, 0.1) is 0 Å². The van der Waals surface area contributed by atoms with Crippen LogP contribution in [0.15, 0.2) is 0 Å². The number of halogens is 1. The molecule has 0 atom stereocenters. The van der Waals surface area contributed by atoms with Gasteiger partial charge in [0, 0.05) is 0 Å². The quantitative estimate of drug-likeness (QED) is 0.293. The summed E-state index contributed by atoms with van der Waals surface area (Å²) in [5.74, 6) is 0. The molecule has 0 rings (SSSR count). The molecule has 0 unspecified atom stereocenters. The fourth-order valence-electron chi connectivity index (χ4n) is 0. The number of alkyl halides is 1. The van der Waals surface area contributed by atoms with E-state index in [1.165, 1.54) is 0 Å². The Kier molecular flexibility index (Phi) is 4.69. The Hall–Kier alpha value is 0.860. The van der Waals surface area contributed by atoms with Crippen molar-refractivity contribution >= 4 is 36.8 Å². The number of hydrogen-bond acceptors (Lipinski definition) is 0. The summed E-state index contributed by atoms with van der Waals surface area (Å²) in [6.45, 7) is 1.61. The van der Waals surface area contributed by atoms with Gasteiger partial charge in [-0.25, -0.2) is 0 Å². The van der Waals surface area contributed by atoms with E-state index in [9.17, 15) is 0 Å². The normalized spacial score (nSPS) is 5.00. The van der Waals surface area contributed by atoms with E-state index in [0.717, 1.165) is 4.33 Å². The van der Waals surface area contributed by atoms with Crippen LogP contribution in [0.3, 0.4) is 0 Å². The van der Waals surface area contributed by atoms with Crippen LogP contribution in [-0.4, -0.2) is 18.5 Å². The molecule has 0 bridgehead atoms. The Morgan fingerprint density at radius 3 is 2.25 bits per heavy atom. The van der Waals surface area contributed by atoms with Gasteiger partial charge in [0.05, 0.1) is 0 Å². The van der Waals surface area contributed by atoms with Gasteiger partial charge in [0.25, 0.3) is 0 Å². The van der Waals surface area contributed by atoms with Crippen molar-refractivity contribution in [2.75, 3.05) is 4.33 Å². The van der Waals surface area contributed by atoms with E-state index in [2.05, 4.69) is 22.6 Å². The van der Waals surface area contributed by atoms with Crippen molar-refractivity contribution < 1.29 is 0 Å². The van der Waals surface area contributed by atoms with Crippen molar-refractivity contribution in [2.45, 2.75) is 0 Å². The standard InChI is InChI=1S/CH2B2I/c2-3-1-4/h1H2. The average Bonchev–Trinajstić information content (AvgIpc) is 1.37. The van der Waals surface area contributed by atoms with Gasteiger partial charge in [-0.2, -0.15) is 0 Å². The maximum absolute atomic E-state index is 4.90. The van der Waals surface area contributed by atoms with Gasteiger partial charge in [0.15, 0.2) is 0 Å². The molecule has 4 heavy (non-hydrogen) atoms. The molecule has 0 aliphatic carbocycles. The molecule has 0 spiro atoms. The first kappa shape index (κ1) is 4.86. The summed E-state index contributed by atoms with van der Waals surface area (Å²) < 4.78 is 0.942. The van der Waals surface area contributed by atoms with Gasteiger partial charge in [-0.05, 0) is 0 Å². The Bertz CT molecular complexity index is 20.0. The van der Waals surface area contributed by atoms with Crippen molar-refractivity contribution in [3.8, 4) is 0 Å². The van der Waals surface area contributed by atoms with Crippen LogP contribution in [0.4, 0.5) is 0 Å². The molecule has 0 aliphatic rings. The SMILES string of the molecule is [B]=BCI. The van der Waals surface area contributed by atoms with E-state index < -0.39 is 0 Å². The van der Waals surface area contributed by atoms with Gasteiger partial charge in [-0.15, -0.1) is 0 Å². The van der Waals surface area contributed by atoms with E-state index in [4.69, 9.17) is 7.37 Å². The summed E-state index contributed by atoms with van der Waals surface area (Å²) in [7, 11) is 4.90. The molecule has 0 aliphatic heterocycles. The molecule has 3 heteroatoms. The summed E-state index contributed by atoms with van der Waals surface area (Å²) in [4.78, 5) is 0. The molecule has 0 fully saturated rings. The average molecular weight is 163 g/mol. The molecule has 0 aromatic rings. The molecule has 0 aromatic carbocycles. The molecule has 0 aromatic heterocycles. The summed E-state index contributed by atoms with van der Waals surface area (Å²) in [6.07, 6.45) is 0. The molecule has 0 heterocycles. The summed E-state index contributed by atoms with van der Waals surface area (Å²) >= 11 is 2.17. The van der Waals surface area contributed by atoms with Gasteiger partial charge in [-0.1, -0.05) is 0 Å². The second kappa shape index (κ2) is 3.86. The van der Waals surface area contributed by atoms with Crippen molar-refractivity contribution in [1.29, 1.82) is 0 Å². The Balaban J connectivity index is 2.30. The zero-order valence-electron chi connectivity index (χ0n) is 2.24. The third-order valence-corrected chi connectivity index (χ3v) is 0.598. The van der Waals surface area contributed by atoms with Crippen LogP contribution in [0.5, 0.6) is 0 Å². The van der Waals surface area contributed by atoms with Crippen LogP contribution < -0.4 is 0 Å². The Labute approximate surface area is 41.4 Å². The molecule has 0 N–H and O–H groups in total. The number of rotatable bonds is 1. The van der Waals surface area contributed by atoms with Crippen molar-refractivity contribution in [3.05, 3.63) is 0 Å². The third-order valence-electron chi connectivity index (χ3n) is 0.0891. The van der Waals surface area contributed by atoms with Gasteiger partial charge < -0.3 is 0 Å². The van der Waals surface area contributed by atoms with Crippen molar-refractivity contribution in [3.63, 3.8) is 0 Å². The molecular weight excluding hydrogens is 161 g/mol. The van der Waals surface area contributed by atoms with E-state index in [0.29, 0.717) is 0 Å². The molecule has 0 nitrogen and oxygen atoms in total. The van der Waals surface area contributed by atoms with Crippen LogP contribution in [-0.2, 0) is 0 Å². The van der Waals surface area contributed by atoms with E-state index in [1.54, 1.807) is 6.80 Å². The Morgan fingerprint density at radius 1 is 2.00 bits per heavy atom. The van der Waals surface area contributed by atoms with E-state index in [1.807, 2.05) is 0 Å². The summed E-state index contributed by atoms with van der Waals surface area (Å²) in [6, 6.07) is 0. The molecule has 0 amide bonds. The maximum atomic E-state index is 4.90. The first-order chi connectivity index (χ1) is 1.91. The number of hydrogen-bond donors (Lipinski definition) is 0. The van der Waals surface area contributed by atoms with Crippen LogP contribution in [0.2, 0.25) is 0 Å². The molecule has 0 saturated heterocycles. The Morgan fingerprint density at radius 2 is 2.25 bits per heavy atom. The van der Waals surface area contributed by atoms with Gasteiger partial charge >= 0.3 is 41.1 Å². The molecule has 19 valence electrons. The molecule has 0 saturated carbocycles. The zero-order valence-corrected chi connectivity index (χ0v) is 4.40. The van der Waals surface area contributed by atoms with Gasteiger partial charge in [0.2, 0.25) is 0 Å². The predicted molar refractivity (Wildman–Crippen MR) is 30.4 cm³/mol. The van der Waals surface area contributed by atoms with Crippen molar-refractivity contribution in [1.82, 2.24) is 0 Å². The predicted octanol–water partition coefficient (Wildman–Crippen LogP) is 0.167. The topological polar surface area (TPSA) is 0 Å². The second-order valence-electron chi connectivity index (χ2n) is 0.390. The minimum atomic E-state index is 0.942. The van der Waals surface area contributed by atoms with Crippen LogP contribution in [0.1, 0.15) is 0 Å². The second-order valence-corrected chi connectivity index (χ2v) is 1.27. The van der Waals surface area contributed by atoms with Crippen molar-refractivity contribution in [2.24, 2.45) is 0 Å². The first-order valence-corrected chi connectivity index (χ1v) is 2.53. The summed E-state index contributed by atoms with van der Waals surface area (Å²) in [5, 5.41) is 0. The van der Waals surface area contributed by atoms with Crippen LogP contribution >= 0.6 is 22.6 Å². The van der Waals surface area contributed by atoms with Gasteiger partial charge in [-0.3, -0.25) is 0 Å². The fourth-order valence-corrected chi connectivity index (χ4v) is 0.